The normalized spacial score (nSPS) is 9.10. The summed E-state index contributed by atoms with van der Waals surface area (Å²) in [5, 5.41) is 0. The lowest BCUT2D eigenvalue weighted by molar-refractivity contribution is 0.837. The summed E-state index contributed by atoms with van der Waals surface area (Å²) in [4.78, 5) is 6.91. The molecule has 1 rings (SSSR count). The van der Waals surface area contributed by atoms with Crippen LogP contribution < -0.4 is 0 Å². The van der Waals surface area contributed by atoms with Gasteiger partial charge < -0.3 is 4.98 Å². The molecule has 0 saturated carbocycles. The van der Waals surface area contributed by atoms with E-state index in [4.69, 9.17) is 6.42 Å². The Morgan fingerprint density at radius 2 is 2.60 bits per heavy atom. The van der Waals surface area contributed by atoms with Crippen LogP contribution in [0.15, 0.2) is 12.5 Å². The molecular weight excluding hydrogens is 124 g/mol. The molecule has 0 aromatic carbocycles. The molecule has 1 N–H and O–H groups in total. The van der Waals surface area contributed by atoms with Gasteiger partial charge in [0, 0.05) is 18.3 Å². The second kappa shape index (κ2) is 3.73. The Balaban J connectivity index is 2.23. The van der Waals surface area contributed by atoms with Crippen LogP contribution >= 0.6 is 0 Å². The predicted octanol–water partition coefficient (Wildman–Crippen LogP) is 1.37. The van der Waals surface area contributed by atoms with E-state index in [2.05, 4.69) is 15.9 Å². The van der Waals surface area contributed by atoms with Crippen LogP contribution in [0.5, 0.6) is 0 Å². The second-order valence-electron chi connectivity index (χ2n) is 2.13. The zero-order valence-electron chi connectivity index (χ0n) is 5.80. The zero-order chi connectivity index (χ0) is 7.23. The summed E-state index contributed by atoms with van der Waals surface area (Å²) in [6.45, 7) is 0. The largest absolute Gasteiger partial charge is 0.348 e. The second-order valence-corrected chi connectivity index (χ2v) is 2.13. The maximum absolute atomic E-state index is 5.09. The van der Waals surface area contributed by atoms with Crippen LogP contribution in [0.25, 0.3) is 0 Å². The van der Waals surface area contributed by atoms with Gasteiger partial charge >= 0.3 is 0 Å². The number of rotatable bonds is 3. The van der Waals surface area contributed by atoms with Crippen molar-refractivity contribution in [2.75, 3.05) is 0 Å². The van der Waals surface area contributed by atoms with Gasteiger partial charge in [0.2, 0.25) is 0 Å². The number of H-pyrrole nitrogens is 1. The Morgan fingerprint density at radius 1 is 1.70 bits per heavy atom. The summed E-state index contributed by atoms with van der Waals surface area (Å²) in [5.41, 5.74) is 1.16. The van der Waals surface area contributed by atoms with Gasteiger partial charge in [-0.25, -0.2) is 4.98 Å². The van der Waals surface area contributed by atoms with Gasteiger partial charge in [0.1, 0.15) is 0 Å². The first-order chi connectivity index (χ1) is 4.93. The molecule has 1 aromatic rings. The minimum atomic E-state index is 0.846. The van der Waals surface area contributed by atoms with Crippen LogP contribution in [0.4, 0.5) is 0 Å². The maximum Gasteiger partial charge on any atom is 0.0921 e. The topological polar surface area (TPSA) is 28.7 Å². The highest BCUT2D eigenvalue weighted by Gasteiger charge is 1.90. The van der Waals surface area contributed by atoms with E-state index in [-0.39, 0.29) is 0 Å². The van der Waals surface area contributed by atoms with Crippen molar-refractivity contribution in [3.05, 3.63) is 18.2 Å². The van der Waals surface area contributed by atoms with Crippen molar-refractivity contribution < 1.29 is 0 Å². The molecule has 0 atom stereocenters. The smallest absolute Gasteiger partial charge is 0.0921 e. The van der Waals surface area contributed by atoms with E-state index in [1.165, 1.54) is 0 Å². The van der Waals surface area contributed by atoms with E-state index in [0.29, 0.717) is 0 Å². The van der Waals surface area contributed by atoms with Gasteiger partial charge in [0.15, 0.2) is 0 Å². The molecular formula is C8H10N2. The number of terminal acetylenes is 1. The van der Waals surface area contributed by atoms with Crippen molar-refractivity contribution in [1.82, 2.24) is 9.97 Å². The van der Waals surface area contributed by atoms with E-state index >= 15 is 0 Å². The number of aromatic nitrogens is 2. The molecule has 1 heterocycles. The lowest BCUT2D eigenvalue weighted by Crippen LogP contribution is -1.82. The molecule has 0 aliphatic carbocycles. The average Bonchev–Trinajstić information content (AvgIpc) is 2.41. The molecule has 0 radical (unpaired) electrons. The van der Waals surface area contributed by atoms with Crippen LogP contribution in [0.1, 0.15) is 18.5 Å². The SMILES string of the molecule is C#CCCCc1cnc[nH]1. The van der Waals surface area contributed by atoms with Crippen molar-refractivity contribution in [2.45, 2.75) is 19.3 Å². The molecule has 0 aliphatic rings. The number of hydrogen-bond acceptors (Lipinski definition) is 1. The summed E-state index contributed by atoms with van der Waals surface area (Å²) >= 11 is 0. The molecule has 10 heavy (non-hydrogen) atoms. The first kappa shape index (κ1) is 6.88. The first-order valence-corrected chi connectivity index (χ1v) is 3.34. The Hall–Kier alpha value is -1.23. The minimum absolute atomic E-state index is 0.846. The van der Waals surface area contributed by atoms with Crippen molar-refractivity contribution >= 4 is 0 Å². The molecule has 1 aromatic heterocycles. The third kappa shape index (κ3) is 1.94. The Kier molecular flexibility index (Phi) is 2.57. The molecule has 0 amide bonds. The van der Waals surface area contributed by atoms with Crippen LogP contribution in [-0.4, -0.2) is 9.97 Å². The number of hydrogen-bond donors (Lipinski definition) is 1. The standard InChI is InChI=1S/C8H10N2/c1-2-3-4-5-8-6-9-7-10-8/h1,6-7H,3-5H2,(H,9,10). The highest BCUT2D eigenvalue weighted by atomic mass is 14.9. The monoisotopic (exact) mass is 134 g/mol. The van der Waals surface area contributed by atoms with Crippen molar-refractivity contribution in [2.24, 2.45) is 0 Å². The Labute approximate surface area is 60.7 Å². The van der Waals surface area contributed by atoms with Gasteiger partial charge in [0.05, 0.1) is 6.33 Å². The van der Waals surface area contributed by atoms with Gasteiger partial charge in [-0.3, -0.25) is 0 Å². The molecule has 0 bridgehead atoms. The van der Waals surface area contributed by atoms with Crippen LogP contribution in [0, 0.1) is 12.3 Å². The van der Waals surface area contributed by atoms with Gasteiger partial charge in [-0.2, -0.15) is 0 Å². The number of nitrogens with zero attached hydrogens (tertiary/aromatic N) is 1. The van der Waals surface area contributed by atoms with E-state index in [1.54, 1.807) is 6.33 Å². The summed E-state index contributed by atoms with van der Waals surface area (Å²) in [5.74, 6) is 2.60. The fourth-order valence-corrected chi connectivity index (χ4v) is 0.802. The van der Waals surface area contributed by atoms with Crippen molar-refractivity contribution in [1.29, 1.82) is 0 Å². The fraction of sp³-hybridized carbons (Fsp3) is 0.375. The van der Waals surface area contributed by atoms with Crippen LogP contribution in [-0.2, 0) is 6.42 Å². The molecule has 2 heteroatoms. The van der Waals surface area contributed by atoms with Crippen molar-refractivity contribution in [3.8, 4) is 12.3 Å². The van der Waals surface area contributed by atoms with E-state index in [0.717, 1.165) is 25.0 Å². The highest BCUT2D eigenvalue weighted by Crippen LogP contribution is 1.98. The van der Waals surface area contributed by atoms with E-state index in [1.807, 2.05) is 6.20 Å². The maximum atomic E-state index is 5.09. The Bertz CT molecular complexity index is 206. The van der Waals surface area contributed by atoms with Gasteiger partial charge in [-0.05, 0) is 12.8 Å². The summed E-state index contributed by atoms with van der Waals surface area (Å²) in [7, 11) is 0. The average molecular weight is 134 g/mol. The molecule has 2 nitrogen and oxygen atoms in total. The summed E-state index contributed by atoms with van der Waals surface area (Å²) < 4.78 is 0. The van der Waals surface area contributed by atoms with Crippen LogP contribution in [0.2, 0.25) is 0 Å². The Morgan fingerprint density at radius 3 is 3.20 bits per heavy atom. The molecule has 0 fully saturated rings. The lowest BCUT2D eigenvalue weighted by Gasteiger charge is -1.90. The fourth-order valence-electron chi connectivity index (χ4n) is 0.802. The zero-order valence-corrected chi connectivity index (χ0v) is 5.80. The van der Waals surface area contributed by atoms with Gasteiger partial charge in [0.25, 0.3) is 0 Å². The number of imidazole rings is 1. The first-order valence-electron chi connectivity index (χ1n) is 3.34. The summed E-state index contributed by atoms with van der Waals surface area (Å²) in [6, 6.07) is 0. The quantitative estimate of drug-likeness (QED) is 0.491. The minimum Gasteiger partial charge on any atom is -0.348 e. The third-order valence-electron chi connectivity index (χ3n) is 1.32. The molecule has 0 aliphatic heterocycles. The summed E-state index contributed by atoms with van der Waals surface area (Å²) in [6.07, 6.45) is 11.5. The lowest BCUT2D eigenvalue weighted by atomic mass is 10.2. The predicted molar refractivity (Wildman–Crippen MR) is 40.4 cm³/mol. The molecule has 0 spiro atoms. The third-order valence-corrected chi connectivity index (χ3v) is 1.32. The number of aromatic amines is 1. The molecule has 0 unspecified atom stereocenters. The highest BCUT2D eigenvalue weighted by molar-refractivity contribution is 4.95. The number of nitrogens with one attached hydrogen (secondary N) is 1. The van der Waals surface area contributed by atoms with Crippen LogP contribution in [0.3, 0.4) is 0 Å². The molecule has 52 valence electrons. The molecule has 0 saturated heterocycles. The van der Waals surface area contributed by atoms with Crippen molar-refractivity contribution in [3.63, 3.8) is 0 Å². The van der Waals surface area contributed by atoms with Gasteiger partial charge in [-0.15, -0.1) is 12.3 Å². The van der Waals surface area contributed by atoms with E-state index < -0.39 is 0 Å². The number of unbranched alkanes of at least 4 members (excludes halogenated alkanes) is 1. The van der Waals surface area contributed by atoms with Gasteiger partial charge in [-0.1, -0.05) is 0 Å². The number of aryl methyl sites for hydroxylation is 1. The van der Waals surface area contributed by atoms with E-state index in [9.17, 15) is 0 Å².